The number of aliphatic hydroxyl groups excluding tert-OH is 1. The van der Waals surface area contributed by atoms with Crippen LogP contribution in [0.3, 0.4) is 0 Å². The highest BCUT2D eigenvalue weighted by atomic mass is 16.3. The molecule has 60 valence electrons. The zero-order valence-electron chi connectivity index (χ0n) is 5.99. The fourth-order valence-electron chi connectivity index (χ4n) is 1.57. The third-order valence-electron chi connectivity index (χ3n) is 2.28. The molecule has 1 saturated carbocycles. The molecule has 0 bridgehead atoms. The summed E-state index contributed by atoms with van der Waals surface area (Å²) >= 11 is 0. The number of imide groups is 1. The summed E-state index contributed by atoms with van der Waals surface area (Å²) in [6.07, 6.45) is 0.736. The first-order chi connectivity index (χ1) is 5.25. The van der Waals surface area contributed by atoms with E-state index in [1.807, 2.05) is 0 Å². The third kappa shape index (κ3) is 0.790. The SMILES string of the molecule is O=C1C2CC2C(=O)N1CCO. The normalized spacial score (nSPS) is 34.5. The van der Waals surface area contributed by atoms with Crippen molar-refractivity contribution in [2.45, 2.75) is 6.42 Å². The molecule has 4 nitrogen and oxygen atoms in total. The van der Waals surface area contributed by atoms with Crippen LogP contribution >= 0.6 is 0 Å². The van der Waals surface area contributed by atoms with Crippen molar-refractivity contribution in [3.63, 3.8) is 0 Å². The number of aliphatic hydroxyl groups is 1. The minimum Gasteiger partial charge on any atom is -0.395 e. The maximum atomic E-state index is 11.1. The molecule has 1 aliphatic carbocycles. The van der Waals surface area contributed by atoms with Gasteiger partial charge in [-0.05, 0) is 6.42 Å². The molecule has 2 aliphatic rings. The summed E-state index contributed by atoms with van der Waals surface area (Å²) in [5, 5.41) is 8.52. The van der Waals surface area contributed by atoms with Crippen LogP contribution in [0.1, 0.15) is 6.42 Å². The standard InChI is InChI=1S/C7H9NO3/c9-2-1-8-6(10)4-3-5(4)7(8)11/h4-5,9H,1-3H2. The van der Waals surface area contributed by atoms with Crippen molar-refractivity contribution in [2.75, 3.05) is 13.2 Å². The topological polar surface area (TPSA) is 57.6 Å². The van der Waals surface area contributed by atoms with E-state index in [9.17, 15) is 9.59 Å². The third-order valence-corrected chi connectivity index (χ3v) is 2.28. The van der Waals surface area contributed by atoms with E-state index in [0.717, 1.165) is 6.42 Å². The fraction of sp³-hybridized carbons (Fsp3) is 0.714. The predicted octanol–water partition coefficient (Wildman–Crippen LogP) is -1.02. The van der Waals surface area contributed by atoms with E-state index in [2.05, 4.69) is 0 Å². The van der Waals surface area contributed by atoms with Gasteiger partial charge in [0, 0.05) is 0 Å². The Kier molecular flexibility index (Phi) is 1.26. The molecule has 2 fully saturated rings. The molecule has 11 heavy (non-hydrogen) atoms. The first kappa shape index (κ1) is 6.79. The summed E-state index contributed by atoms with van der Waals surface area (Å²) in [6, 6.07) is 0. The van der Waals surface area contributed by atoms with Crippen LogP contribution in [0.2, 0.25) is 0 Å². The lowest BCUT2D eigenvalue weighted by atomic mass is 10.4. The minimum atomic E-state index is -0.128. The quantitative estimate of drug-likeness (QED) is 0.519. The van der Waals surface area contributed by atoms with Gasteiger partial charge in [-0.25, -0.2) is 0 Å². The van der Waals surface area contributed by atoms with Crippen molar-refractivity contribution in [3.05, 3.63) is 0 Å². The number of likely N-dealkylation sites (tertiary alicyclic amines) is 1. The maximum absolute atomic E-state index is 11.1. The molecular formula is C7H9NO3. The summed E-state index contributed by atoms with van der Waals surface area (Å²) in [4.78, 5) is 23.4. The van der Waals surface area contributed by atoms with Crippen LogP contribution in [0.25, 0.3) is 0 Å². The highest BCUT2D eigenvalue weighted by Gasteiger charge is 2.58. The second-order valence-electron chi connectivity index (χ2n) is 3.00. The van der Waals surface area contributed by atoms with Crippen molar-refractivity contribution in [3.8, 4) is 0 Å². The number of hydrogen-bond donors (Lipinski definition) is 1. The molecular weight excluding hydrogens is 146 g/mol. The number of hydrogen-bond acceptors (Lipinski definition) is 3. The van der Waals surface area contributed by atoms with Crippen LogP contribution < -0.4 is 0 Å². The van der Waals surface area contributed by atoms with Crippen LogP contribution in [0.4, 0.5) is 0 Å². The number of fused-ring (bicyclic) bond motifs is 1. The maximum Gasteiger partial charge on any atom is 0.233 e. The highest BCUT2D eigenvalue weighted by Crippen LogP contribution is 2.46. The highest BCUT2D eigenvalue weighted by molar-refractivity contribution is 6.08. The Morgan fingerprint density at radius 1 is 1.36 bits per heavy atom. The molecule has 0 radical (unpaired) electrons. The molecule has 1 saturated heterocycles. The molecule has 2 rings (SSSR count). The first-order valence-corrected chi connectivity index (χ1v) is 3.72. The number of amides is 2. The Morgan fingerprint density at radius 3 is 2.36 bits per heavy atom. The lowest BCUT2D eigenvalue weighted by Crippen LogP contribution is -2.35. The van der Waals surface area contributed by atoms with E-state index in [1.54, 1.807) is 0 Å². The number of carbonyl (C=O) groups is 2. The number of rotatable bonds is 2. The molecule has 1 heterocycles. The average Bonchev–Trinajstić information content (AvgIpc) is 2.71. The van der Waals surface area contributed by atoms with Gasteiger partial charge in [0.05, 0.1) is 25.0 Å². The lowest BCUT2D eigenvalue weighted by molar-refractivity contribution is -0.141. The smallest absolute Gasteiger partial charge is 0.233 e. The lowest BCUT2D eigenvalue weighted by Gasteiger charge is -2.13. The monoisotopic (exact) mass is 155 g/mol. The van der Waals surface area contributed by atoms with Gasteiger partial charge < -0.3 is 5.11 Å². The van der Waals surface area contributed by atoms with E-state index >= 15 is 0 Å². The number of β-amino-alcohol motifs (C(OH)–C–C–N with tert-alkyl or cyclic N) is 1. The number of carbonyl (C=O) groups excluding carboxylic acids is 2. The van der Waals surface area contributed by atoms with E-state index in [-0.39, 0.29) is 36.8 Å². The van der Waals surface area contributed by atoms with Gasteiger partial charge >= 0.3 is 0 Å². The summed E-state index contributed by atoms with van der Waals surface area (Å²) in [5.74, 6) is -0.244. The van der Waals surface area contributed by atoms with Crippen molar-refractivity contribution >= 4 is 11.8 Å². The zero-order chi connectivity index (χ0) is 8.01. The molecule has 4 heteroatoms. The van der Waals surface area contributed by atoms with Crippen molar-refractivity contribution in [1.29, 1.82) is 0 Å². The van der Waals surface area contributed by atoms with Gasteiger partial charge in [0.25, 0.3) is 0 Å². The van der Waals surface area contributed by atoms with Crippen molar-refractivity contribution in [2.24, 2.45) is 11.8 Å². The van der Waals surface area contributed by atoms with Crippen LogP contribution in [0.5, 0.6) is 0 Å². The Bertz CT molecular complexity index is 206. The predicted molar refractivity (Wildman–Crippen MR) is 35.4 cm³/mol. The van der Waals surface area contributed by atoms with E-state index in [4.69, 9.17) is 5.11 Å². The van der Waals surface area contributed by atoms with Crippen molar-refractivity contribution in [1.82, 2.24) is 4.90 Å². The zero-order valence-corrected chi connectivity index (χ0v) is 5.99. The van der Waals surface area contributed by atoms with E-state index < -0.39 is 0 Å². The molecule has 1 aliphatic heterocycles. The largest absolute Gasteiger partial charge is 0.395 e. The summed E-state index contributed by atoms with van der Waals surface area (Å²) in [6.45, 7) is 0.0432. The van der Waals surface area contributed by atoms with Gasteiger partial charge in [0.15, 0.2) is 0 Å². The van der Waals surface area contributed by atoms with E-state index in [1.165, 1.54) is 4.90 Å². The summed E-state index contributed by atoms with van der Waals surface area (Å²) in [7, 11) is 0. The van der Waals surface area contributed by atoms with Gasteiger partial charge in [0.2, 0.25) is 11.8 Å². The second-order valence-corrected chi connectivity index (χ2v) is 3.00. The van der Waals surface area contributed by atoms with Gasteiger partial charge in [-0.15, -0.1) is 0 Å². The van der Waals surface area contributed by atoms with Crippen LogP contribution in [0.15, 0.2) is 0 Å². The Hall–Kier alpha value is -0.900. The molecule has 2 amide bonds. The van der Waals surface area contributed by atoms with Crippen LogP contribution in [-0.4, -0.2) is 35.0 Å². The number of piperidine rings is 1. The summed E-state index contributed by atoms with van der Waals surface area (Å²) in [5.41, 5.74) is 0. The fourth-order valence-corrected chi connectivity index (χ4v) is 1.57. The van der Waals surface area contributed by atoms with Crippen LogP contribution in [0, 0.1) is 11.8 Å². The molecule has 0 aromatic carbocycles. The molecule has 0 aromatic heterocycles. The minimum absolute atomic E-state index is 0.0333. The Morgan fingerprint density at radius 2 is 1.91 bits per heavy atom. The molecule has 2 unspecified atom stereocenters. The Balaban J connectivity index is 2.11. The molecule has 1 N–H and O–H groups in total. The summed E-state index contributed by atoms with van der Waals surface area (Å²) < 4.78 is 0. The molecule has 0 aromatic rings. The van der Waals surface area contributed by atoms with Crippen molar-refractivity contribution < 1.29 is 14.7 Å². The molecule has 0 spiro atoms. The van der Waals surface area contributed by atoms with Gasteiger partial charge in [0.1, 0.15) is 0 Å². The van der Waals surface area contributed by atoms with E-state index in [0.29, 0.717) is 0 Å². The van der Waals surface area contributed by atoms with Crippen LogP contribution in [-0.2, 0) is 9.59 Å². The van der Waals surface area contributed by atoms with Gasteiger partial charge in [-0.2, -0.15) is 0 Å². The Labute approximate surface area is 63.8 Å². The average molecular weight is 155 g/mol. The van der Waals surface area contributed by atoms with Gasteiger partial charge in [-0.1, -0.05) is 0 Å². The second kappa shape index (κ2) is 2.04. The number of nitrogens with zero attached hydrogens (tertiary/aromatic N) is 1. The van der Waals surface area contributed by atoms with Gasteiger partial charge in [-0.3, -0.25) is 14.5 Å². The molecule has 2 atom stereocenters. The first-order valence-electron chi connectivity index (χ1n) is 3.72.